The van der Waals surface area contributed by atoms with Gasteiger partial charge in [0.25, 0.3) is 0 Å². The van der Waals surface area contributed by atoms with Crippen molar-refractivity contribution >= 4 is 23.0 Å². The molecule has 1 amide bonds. The van der Waals surface area contributed by atoms with Gasteiger partial charge in [0.15, 0.2) is 17.3 Å². The van der Waals surface area contributed by atoms with E-state index in [1.807, 2.05) is 36.1 Å². The van der Waals surface area contributed by atoms with Gasteiger partial charge in [0, 0.05) is 30.3 Å². The van der Waals surface area contributed by atoms with E-state index in [9.17, 15) is 9.59 Å². The number of aryl methyl sites for hydroxylation is 2. The Labute approximate surface area is 183 Å². The van der Waals surface area contributed by atoms with E-state index in [1.165, 1.54) is 16.9 Å². The maximum Gasteiger partial charge on any atom is 0.223 e. The summed E-state index contributed by atoms with van der Waals surface area (Å²) in [7, 11) is 3.27. The number of piperidine rings is 1. The average molecular weight is 430 g/mol. The molecule has 0 saturated carbocycles. The van der Waals surface area contributed by atoms with Crippen molar-refractivity contribution in [1.82, 2.24) is 4.90 Å². The number of hydrogen-bond donors (Lipinski definition) is 0. The van der Waals surface area contributed by atoms with Gasteiger partial charge in [0.2, 0.25) is 5.91 Å². The van der Waals surface area contributed by atoms with Crippen molar-refractivity contribution in [2.24, 2.45) is 0 Å². The molecule has 0 N–H and O–H groups in total. The van der Waals surface area contributed by atoms with Gasteiger partial charge >= 0.3 is 0 Å². The minimum atomic E-state index is 0.0698. The second-order valence-electron chi connectivity index (χ2n) is 7.80. The van der Waals surface area contributed by atoms with Crippen LogP contribution in [0.1, 0.15) is 58.6 Å². The molecular weight excluding hydrogens is 398 g/mol. The molecule has 1 atom stereocenters. The maximum atomic E-state index is 12.9. The molecular formula is C24H31NO4S. The number of methoxy groups -OCH3 is 2. The summed E-state index contributed by atoms with van der Waals surface area (Å²) in [5.41, 5.74) is 1.17. The van der Waals surface area contributed by atoms with Gasteiger partial charge < -0.3 is 14.4 Å². The van der Waals surface area contributed by atoms with Gasteiger partial charge in [-0.05, 0) is 68.9 Å². The van der Waals surface area contributed by atoms with Crippen LogP contribution in [0, 0.1) is 6.92 Å². The molecule has 30 heavy (non-hydrogen) atoms. The molecule has 0 aliphatic carbocycles. The molecule has 1 aromatic carbocycles. The van der Waals surface area contributed by atoms with E-state index in [2.05, 4.69) is 6.07 Å². The van der Waals surface area contributed by atoms with E-state index in [-0.39, 0.29) is 24.2 Å². The SMILES string of the molecule is COc1ccc(CCC2CCCCN2C(=O)CCC(=O)c2ccc(C)s2)cc1OC. The summed E-state index contributed by atoms with van der Waals surface area (Å²) in [6.07, 6.45) is 5.59. The van der Waals surface area contributed by atoms with Gasteiger partial charge in [-0.25, -0.2) is 0 Å². The molecule has 162 valence electrons. The molecule has 1 saturated heterocycles. The highest BCUT2D eigenvalue weighted by Gasteiger charge is 2.27. The number of hydrogen-bond acceptors (Lipinski definition) is 5. The Bertz CT molecular complexity index is 876. The monoisotopic (exact) mass is 429 g/mol. The van der Waals surface area contributed by atoms with Crippen molar-refractivity contribution in [2.45, 2.75) is 57.9 Å². The van der Waals surface area contributed by atoms with Gasteiger partial charge in [0.1, 0.15) is 0 Å². The molecule has 0 spiro atoms. The number of ketones is 1. The second kappa shape index (κ2) is 10.6. The molecule has 1 unspecified atom stereocenters. The lowest BCUT2D eigenvalue weighted by Crippen LogP contribution is -2.44. The van der Waals surface area contributed by atoms with Crippen molar-refractivity contribution in [1.29, 1.82) is 0 Å². The number of benzene rings is 1. The number of ether oxygens (including phenoxy) is 2. The molecule has 2 aromatic rings. The fourth-order valence-electron chi connectivity index (χ4n) is 4.07. The van der Waals surface area contributed by atoms with Crippen molar-refractivity contribution in [3.63, 3.8) is 0 Å². The topological polar surface area (TPSA) is 55.8 Å². The first kappa shape index (κ1) is 22.3. The van der Waals surface area contributed by atoms with Gasteiger partial charge in [-0.3, -0.25) is 9.59 Å². The maximum absolute atomic E-state index is 12.9. The Morgan fingerprint density at radius 3 is 2.57 bits per heavy atom. The van der Waals surface area contributed by atoms with E-state index < -0.39 is 0 Å². The number of carbonyl (C=O) groups is 2. The summed E-state index contributed by atoms with van der Waals surface area (Å²) >= 11 is 1.50. The first-order valence-corrected chi connectivity index (χ1v) is 11.4. The van der Waals surface area contributed by atoms with Gasteiger partial charge in [-0.2, -0.15) is 0 Å². The van der Waals surface area contributed by atoms with Crippen LogP contribution in [0.25, 0.3) is 0 Å². The normalized spacial score (nSPS) is 16.4. The van der Waals surface area contributed by atoms with Crippen LogP contribution in [0.3, 0.4) is 0 Å². The Kier molecular flexibility index (Phi) is 7.91. The van der Waals surface area contributed by atoms with Crippen LogP contribution in [0.4, 0.5) is 0 Å². The quantitative estimate of drug-likeness (QED) is 0.524. The highest BCUT2D eigenvalue weighted by Crippen LogP contribution is 2.29. The van der Waals surface area contributed by atoms with Crippen LogP contribution in [0.15, 0.2) is 30.3 Å². The second-order valence-corrected chi connectivity index (χ2v) is 9.09. The van der Waals surface area contributed by atoms with E-state index >= 15 is 0 Å². The van der Waals surface area contributed by atoms with Crippen molar-refractivity contribution in [2.75, 3.05) is 20.8 Å². The van der Waals surface area contributed by atoms with E-state index in [4.69, 9.17) is 9.47 Å². The summed E-state index contributed by atoms with van der Waals surface area (Å²) in [6.45, 7) is 2.78. The fraction of sp³-hybridized carbons (Fsp3) is 0.500. The number of amides is 1. The first-order valence-electron chi connectivity index (χ1n) is 10.6. The van der Waals surface area contributed by atoms with Crippen LogP contribution < -0.4 is 9.47 Å². The molecule has 1 fully saturated rings. The van der Waals surface area contributed by atoms with Crippen molar-refractivity contribution in [3.8, 4) is 11.5 Å². The van der Waals surface area contributed by atoms with Gasteiger partial charge in [-0.1, -0.05) is 6.07 Å². The number of rotatable bonds is 9. The summed E-state index contributed by atoms with van der Waals surface area (Å²) < 4.78 is 10.7. The van der Waals surface area contributed by atoms with Crippen molar-refractivity contribution < 1.29 is 19.1 Å². The molecule has 1 aromatic heterocycles. The van der Waals surface area contributed by atoms with Crippen LogP contribution >= 0.6 is 11.3 Å². The molecule has 2 heterocycles. The molecule has 5 nitrogen and oxygen atoms in total. The minimum Gasteiger partial charge on any atom is -0.493 e. The van der Waals surface area contributed by atoms with Crippen molar-refractivity contribution in [3.05, 3.63) is 45.6 Å². The lowest BCUT2D eigenvalue weighted by molar-refractivity contribution is -0.135. The molecule has 3 rings (SSSR count). The first-order chi connectivity index (χ1) is 14.5. The minimum absolute atomic E-state index is 0.0698. The third-order valence-electron chi connectivity index (χ3n) is 5.74. The van der Waals surface area contributed by atoms with E-state index in [0.717, 1.165) is 59.9 Å². The largest absolute Gasteiger partial charge is 0.493 e. The zero-order valence-corrected chi connectivity index (χ0v) is 18.9. The van der Waals surface area contributed by atoms with E-state index in [0.29, 0.717) is 6.42 Å². The predicted molar refractivity (Wildman–Crippen MR) is 120 cm³/mol. The summed E-state index contributed by atoms with van der Waals surface area (Å²) in [5, 5.41) is 0. The number of carbonyl (C=O) groups excluding carboxylic acids is 2. The number of likely N-dealkylation sites (tertiary alicyclic amines) is 1. The summed E-state index contributed by atoms with van der Waals surface area (Å²) in [6, 6.07) is 10.0. The molecule has 1 aliphatic rings. The predicted octanol–water partition coefficient (Wildman–Crippen LogP) is 5.05. The number of Topliss-reactive ketones (excluding diaryl/α,β-unsaturated/α-hetero) is 1. The van der Waals surface area contributed by atoms with Crippen LogP contribution in [0.5, 0.6) is 11.5 Å². The molecule has 0 bridgehead atoms. The third kappa shape index (κ3) is 5.63. The Balaban J connectivity index is 1.56. The number of nitrogens with zero attached hydrogens (tertiary/aromatic N) is 1. The lowest BCUT2D eigenvalue weighted by Gasteiger charge is -2.36. The van der Waals surface area contributed by atoms with Crippen LogP contribution in [-0.2, 0) is 11.2 Å². The molecule has 1 aliphatic heterocycles. The summed E-state index contributed by atoms with van der Waals surface area (Å²) in [4.78, 5) is 29.1. The third-order valence-corrected chi connectivity index (χ3v) is 6.78. The van der Waals surface area contributed by atoms with Gasteiger partial charge in [-0.15, -0.1) is 11.3 Å². The average Bonchev–Trinajstić information content (AvgIpc) is 3.22. The standard InChI is InChI=1S/C24H31NO4S/c1-17-7-13-23(30-17)20(26)11-14-24(27)25-15-5-4-6-19(25)10-8-18-9-12-21(28-2)22(16-18)29-3/h7,9,12-13,16,19H,4-6,8,10-11,14-15H2,1-3H3. The number of thiophene rings is 1. The zero-order chi connectivity index (χ0) is 21.5. The Hall–Kier alpha value is -2.34. The molecule has 0 radical (unpaired) electrons. The highest BCUT2D eigenvalue weighted by atomic mass is 32.1. The lowest BCUT2D eigenvalue weighted by atomic mass is 9.95. The Morgan fingerprint density at radius 2 is 1.87 bits per heavy atom. The smallest absolute Gasteiger partial charge is 0.223 e. The van der Waals surface area contributed by atoms with Crippen LogP contribution in [-0.4, -0.2) is 43.4 Å². The summed E-state index contributed by atoms with van der Waals surface area (Å²) in [5.74, 6) is 1.63. The Morgan fingerprint density at radius 1 is 1.07 bits per heavy atom. The van der Waals surface area contributed by atoms with Gasteiger partial charge in [0.05, 0.1) is 19.1 Å². The highest BCUT2D eigenvalue weighted by molar-refractivity contribution is 7.14. The fourth-order valence-corrected chi connectivity index (χ4v) is 4.91. The van der Waals surface area contributed by atoms with E-state index in [1.54, 1.807) is 14.2 Å². The van der Waals surface area contributed by atoms with Crippen LogP contribution in [0.2, 0.25) is 0 Å². The molecule has 6 heteroatoms. The zero-order valence-electron chi connectivity index (χ0n) is 18.1.